The number of aromatic nitrogens is 3. The highest BCUT2D eigenvalue weighted by Crippen LogP contribution is 2.24. The van der Waals surface area contributed by atoms with Gasteiger partial charge in [-0.1, -0.05) is 17.3 Å². The molecule has 4 rings (SSSR count). The molecule has 0 unspecified atom stereocenters. The van der Waals surface area contributed by atoms with E-state index in [2.05, 4.69) is 20.2 Å². The molecular weight excluding hydrogens is 360 g/mol. The number of primary amides is 1. The molecule has 3 heterocycles. The predicted octanol–water partition coefficient (Wildman–Crippen LogP) is 2.07. The van der Waals surface area contributed by atoms with Crippen molar-refractivity contribution in [2.24, 2.45) is 10.8 Å². The number of benzene rings is 1. The molecule has 9 heteroatoms. The minimum atomic E-state index is -0.613. The van der Waals surface area contributed by atoms with Crippen LogP contribution in [0.15, 0.2) is 52.2 Å². The highest BCUT2D eigenvalue weighted by Gasteiger charge is 2.26. The third kappa shape index (κ3) is 3.37. The van der Waals surface area contributed by atoms with Gasteiger partial charge in [-0.3, -0.25) is 14.6 Å². The Bertz CT molecular complexity index is 1090. The molecule has 2 amide bonds. The van der Waals surface area contributed by atoms with Crippen LogP contribution < -0.4 is 10.7 Å². The number of hydrazone groups is 1. The molecule has 1 aliphatic rings. The highest BCUT2D eigenvalue weighted by atomic mass is 16.5. The van der Waals surface area contributed by atoms with Crippen molar-refractivity contribution < 1.29 is 14.1 Å². The molecule has 3 aromatic rings. The van der Waals surface area contributed by atoms with Gasteiger partial charge in [0.2, 0.25) is 11.7 Å². The third-order valence-corrected chi connectivity index (χ3v) is 4.23. The number of nitrogens with two attached hydrogens (primary N) is 1. The van der Waals surface area contributed by atoms with Crippen LogP contribution in [-0.2, 0) is 4.79 Å². The van der Waals surface area contributed by atoms with E-state index in [1.54, 1.807) is 6.07 Å². The Morgan fingerprint density at radius 3 is 2.79 bits per heavy atom. The van der Waals surface area contributed by atoms with Crippen LogP contribution in [0.25, 0.3) is 11.4 Å². The van der Waals surface area contributed by atoms with Gasteiger partial charge in [0.15, 0.2) is 0 Å². The summed E-state index contributed by atoms with van der Waals surface area (Å²) in [6.45, 7) is 1.95. The van der Waals surface area contributed by atoms with Crippen molar-refractivity contribution >= 4 is 23.2 Å². The summed E-state index contributed by atoms with van der Waals surface area (Å²) in [5.74, 6) is -0.169. The lowest BCUT2D eigenvalue weighted by Crippen LogP contribution is -2.32. The van der Waals surface area contributed by atoms with Gasteiger partial charge >= 0.3 is 0 Å². The largest absolute Gasteiger partial charge is 0.364 e. The number of carbonyl (C=O) groups excluding carboxylic acids is 2. The molecule has 2 aromatic heterocycles. The van der Waals surface area contributed by atoms with Gasteiger partial charge in [0.25, 0.3) is 11.8 Å². The second kappa shape index (κ2) is 7.03. The van der Waals surface area contributed by atoms with E-state index >= 15 is 0 Å². The molecule has 0 spiro atoms. The lowest BCUT2D eigenvalue weighted by Gasteiger charge is -2.22. The fourth-order valence-electron chi connectivity index (χ4n) is 2.80. The van der Waals surface area contributed by atoms with E-state index in [-0.39, 0.29) is 17.5 Å². The van der Waals surface area contributed by atoms with Crippen LogP contribution in [-0.4, -0.2) is 32.7 Å². The standard InChI is InChI=1S/C19H16N6O3/c1-11-3-2-4-13(9-11)25-16(26)8-7-15(23-25)19-22-18(24-28-19)12-5-6-14(17(20)27)21-10-12/h2-6,9-10H,7-8H2,1H3,(H2,20,27). The number of carbonyl (C=O) groups is 2. The summed E-state index contributed by atoms with van der Waals surface area (Å²) >= 11 is 0. The quantitative estimate of drug-likeness (QED) is 0.742. The molecule has 1 aliphatic heterocycles. The van der Waals surface area contributed by atoms with Crippen LogP contribution in [0.5, 0.6) is 0 Å². The summed E-state index contributed by atoms with van der Waals surface area (Å²) in [6, 6.07) is 10.6. The number of rotatable bonds is 4. The average Bonchev–Trinajstić information content (AvgIpc) is 3.18. The van der Waals surface area contributed by atoms with Gasteiger partial charge < -0.3 is 10.3 Å². The topological polar surface area (TPSA) is 128 Å². The summed E-state index contributed by atoms with van der Waals surface area (Å²) in [5.41, 5.74) is 8.15. The van der Waals surface area contributed by atoms with Crippen molar-refractivity contribution in [3.8, 4) is 11.4 Å². The number of nitrogens with zero attached hydrogens (tertiary/aromatic N) is 5. The SMILES string of the molecule is Cc1cccc(N2N=C(c3nc(-c4ccc(C(N)=O)nc4)no3)CCC2=O)c1. The first-order valence-corrected chi connectivity index (χ1v) is 8.58. The van der Waals surface area contributed by atoms with Crippen LogP contribution >= 0.6 is 0 Å². The summed E-state index contributed by atoms with van der Waals surface area (Å²) in [4.78, 5) is 31.7. The average molecular weight is 376 g/mol. The third-order valence-electron chi connectivity index (χ3n) is 4.23. The molecule has 0 fully saturated rings. The number of hydrogen-bond acceptors (Lipinski definition) is 7. The Hall–Kier alpha value is -3.88. The molecule has 0 radical (unpaired) electrons. The van der Waals surface area contributed by atoms with Gasteiger partial charge in [0.05, 0.1) is 5.69 Å². The zero-order chi connectivity index (χ0) is 19.7. The smallest absolute Gasteiger partial charge is 0.274 e. The van der Waals surface area contributed by atoms with Crippen molar-refractivity contribution in [1.29, 1.82) is 0 Å². The first-order chi connectivity index (χ1) is 13.5. The number of hydrogen-bond donors (Lipinski definition) is 1. The maximum Gasteiger partial charge on any atom is 0.274 e. The summed E-state index contributed by atoms with van der Waals surface area (Å²) in [5, 5.41) is 9.72. The fourth-order valence-corrected chi connectivity index (χ4v) is 2.80. The minimum Gasteiger partial charge on any atom is -0.364 e. The molecule has 140 valence electrons. The zero-order valence-corrected chi connectivity index (χ0v) is 15.0. The van der Waals surface area contributed by atoms with E-state index in [1.165, 1.54) is 17.3 Å². The minimum absolute atomic E-state index is 0.0969. The van der Waals surface area contributed by atoms with Gasteiger partial charge in [-0.15, -0.1) is 0 Å². The van der Waals surface area contributed by atoms with Crippen LogP contribution in [0.3, 0.4) is 0 Å². The Kier molecular flexibility index (Phi) is 4.40. The molecule has 1 aromatic carbocycles. The van der Waals surface area contributed by atoms with E-state index in [0.29, 0.717) is 35.6 Å². The van der Waals surface area contributed by atoms with Crippen molar-refractivity contribution in [2.45, 2.75) is 19.8 Å². The van der Waals surface area contributed by atoms with E-state index in [4.69, 9.17) is 10.3 Å². The molecule has 2 N–H and O–H groups in total. The number of pyridine rings is 1. The summed E-state index contributed by atoms with van der Waals surface area (Å²) < 4.78 is 5.33. The van der Waals surface area contributed by atoms with Crippen LogP contribution in [0, 0.1) is 6.92 Å². The monoisotopic (exact) mass is 376 g/mol. The van der Waals surface area contributed by atoms with E-state index in [1.807, 2.05) is 31.2 Å². The molecule has 0 saturated carbocycles. The lowest BCUT2D eigenvalue weighted by molar-refractivity contribution is -0.118. The van der Waals surface area contributed by atoms with Crippen LogP contribution in [0.2, 0.25) is 0 Å². The molecule has 9 nitrogen and oxygen atoms in total. The number of anilines is 1. The van der Waals surface area contributed by atoms with E-state index in [0.717, 1.165) is 5.56 Å². The van der Waals surface area contributed by atoms with E-state index in [9.17, 15) is 9.59 Å². The Labute approximate surface area is 159 Å². The van der Waals surface area contributed by atoms with Crippen molar-refractivity contribution in [3.63, 3.8) is 0 Å². The van der Waals surface area contributed by atoms with Gasteiger partial charge in [-0.2, -0.15) is 10.1 Å². The first kappa shape index (κ1) is 17.5. The maximum absolute atomic E-state index is 12.3. The van der Waals surface area contributed by atoms with Gasteiger partial charge in [-0.05, 0) is 36.8 Å². The molecule has 0 atom stereocenters. The summed E-state index contributed by atoms with van der Waals surface area (Å²) in [6.07, 6.45) is 2.14. The molecule has 28 heavy (non-hydrogen) atoms. The molecule has 0 saturated heterocycles. The van der Waals surface area contributed by atoms with Crippen molar-refractivity contribution in [1.82, 2.24) is 15.1 Å². The Morgan fingerprint density at radius 2 is 2.07 bits per heavy atom. The first-order valence-electron chi connectivity index (χ1n) is 8.58. The van der Waals surface area contributed by atoms with Crippen LogP contribution in [0.1, 0.15) is 34.8 Å². The number of aryl methyl sites for hydroxylation is 1. The van der Waals surface area contributed by atoms with Crippen molar-refractivity contribution in [2.75, 3.05) is 5.01 Å². The predicted molar refractivity (Wildman–Crippen MR) is 100 cm³/mol. The van der Waals surface area contributed by atoms with Crippen LogP contribution in [0.4, 0.5) is 5.69 Å². The molecule has 0 aliphatic carbocycles. The van der Waals surface area contributed by atoms with Gasteiger partial charge in [0, 0.05) is 24.6 Å². The van der Waals surface area contributed by atoms with E-state index < -0.39 is 5.91 Å². The molecular formula is C19H16N6O3. The maximum atomic E-state index is 12.3. The van der Waals surface area contributed by atoms with Gasteiger partial charge in [0.1, 0.15) is 11.4 Å². The zero-order valence-electron chi connectivity index (χ0n) is 15.0. The second-order valence-electron chi connectivity index (χ2n) is 6.31. The normalized spacial score (nSPS) is 14.1. The lowest BCUT2D eigenvalue weighted by atomic mass is 10.1. The number of amides is 2. The highest BCUT2D eigenvalue weighted by molar-refractivity contribution is 6.06. The summed E-state index contributed by atoms with van der Waals surface area (Å²) in [7, 11) is 0. The molecule has 0 bridgehead atoms. The van der Waals surface area contributed by atoms with Crippen molar-refractivity contribution in [3.05, 3.63) is 59.7 Å². The Morgan fingerprint density at radius 1 is 1.21 bits per heavy atom. The fraction of sp³-hybridized carbons (Fsp3) is 0.158. The van der Waals surface area contributed by atoms with Gasteiger partial charge in [-0.25, -0.2) is 5.01 Å². The Balaban J connectivity index is 1.63. The second-order valence-corrected chi connectivity index (χ2v) is 6.31.